The minimum absolute atomic E-state index is 0.0150. The van der Waals surface area contributed by atoms with Gasteiger partial charge in [0.2, 0.25) is 0 Å². The van der Waals surface area contributed by atoms with Gasteiger partial charge in [-0.05, 0) is 51.6 Å². The smallest absolute Gasteiger partial charge is 0.307 e. The van der Waals surface area contributed by atoms with Crippen molar-refractivity contribution in [3.8, 4) is 28.0 Å². The van der Waals surface area contributed by atoms with Crippen molar-refractivity contribution in [1.82, 2.24) is 0 Å². The highest BCUT2D eigenvalue weighted by molar-refractivity contribution is 5.72. The summed E-state index contributed by atoms with van der Waals surface area (Å²) in [6.07, 6.45) is 4.06. The lowest BCUT2D eigenvalue weighted by Gasteiger charge is -2.08. The van der Waals surface area contributed by atoms with Crippen molar-refractivity contribution in [3.05, 3.63) is 120 Å². The first-order chi connectivity index (χ1) is 15.7. The third-order valence-electron chi connectivity index (χ3n) is 5.12. The third kappa shape index (κ3) is 5.73. The topological polar surface area (TPSA) is 46.5 Å². The maximum atomic E-state index is 11.0. The maximum absolute atomic E-state index is 11.0. The average molecular weight is 421 g/mol. The molecule has 0 amide bonds. The second-order valence-corrected chi connectivity index (χ2v) is 7.50. The molecule has 1 N–H and O–H groups in total. The molecule has 3 nitrogen and oxygen atoms in total. The van der Waals surface area contributed by atoms with Gasteiger partial charge in [0, 0.05) is 0 Å². The zero-order valence-electron chi connectivity index (χ0n) is 17.6. The van der Waals surface area contributed by atoms with Crippen LogP contribution in [0.2, 0.25) is 0 Å². The van der Waals surface area contributed by atoms with E-state index in [9.17, 15) is 4.79 Å². The number of hydrogen-bond acceptors (Lipinski definition) is 2. The molecular weight excluding hydrogens is 396 g/mol. The molecule has 32 heavy (non-hydrogen) atoms. The van der Waals surface area contributed by atoms with Gasteiger partial charge in [-0.1, -0.05) is 97.1 Å². The van der Waals surface area contributed by atoms with Crippen molar-refractivity contribution >= 4 is 12.0 Å². The number of benzene rings is 4. The summed E-state index contributed by atoms with van der Waals surface area (Å²) in [4.78, 5) is 11.0. The van der Waals surface area contributed by atoms with E-state index in [0.29, 0.717) is 6.61 Å². The molecule has 0 atom stereocenters. The maximum Gasteiger partial charge on any atom is 0.307 e. The van der Waals surface area contributed by atoms with Crippen molar-refractivity contribution in [2.75, 3.05) is 6.61 Å². The highest BCUT2D eigenvalue weighted by Crippen LogP contribution is 2.25. The van der Waals surface area contributed by atoms with E-state index in [1.54, 1.807) is 0 Å². The molecule has 0 aliphatic rings. The molecule has 0 bridgehead atoms. The first-order valence-electron chi connectivity index (χ1n) is 10.5. The number of rotatable bonds is 8. The van der Waals surface area contributed by atoms with E-state index in [1.807, 2.05) is 78.9 Å². The molecule has 4 aromatic rings. The van der Waals surface area contributed by atoms with E-state index in [-0.39, 0.29) is 6.42 Å². The van der Waals surface area contributed by atoms with Gasteiger partial charge in [0.1, 0.15) is 12.4 Å². The van der Waals surface area contributed by atoms with Gasteiger partial charge in [0.15, 0.2) is 0 Å². The SMILES string of the molecule is O=C(O)Cc1cccc(-c2cccc(OCC=Cc3ccc(-c4ccccc4)cc3)c2)c1. The molecule has 0 heterocycles. The number of carbonyl (C=O) groups is 1. The van der Waals surface area contributed by atoms with E-state index < -0.39 is 5.97 Å². The van der Waals surface area contributed by atoms with Crippen LogP contribution in [0.4, 0.5) is 0 Å². The number of carboxylic acid groups (broad SMARTS) is 1. The van der Waals surface area contributed by atoms with Gasteiger partial charge in [-0.2, -0.15) is 0 Å². The summed E-state index contributed by atoms with van der Waals surface area (Å²) in [6, 6.07) is 34.2. The van der Waals surface area contributed by atoms with Gasteiger partial charge < -0.3 is 9.84 Å². The summed E-state index contributed by atoms with van der Waals surface area (Å²) in [5, 5.41) is 9.01. The second kappa shape index (κ2) is 10.3. The fourth-order valence-electron chi connectivity index (χ4n) is 3.55. The Bertz CT molecular complexity index is 1210. The summed E-state index contributed by atoms with van der Waals surface area (Å²) in [5.41, 5.74) is 6.28. The predicted molar refractivity (Wildman–Crippen MR) is 130 cm³/mol. The molecule has 0 saturated carbocycles. The lowest BCUT2D eigenvalue weighted by atomic mass is 10.0. The molecule has 0 saturated heterocycles. The van der Waals surface area contributed by atoms with E-state index >= 15 is 0 Å². The second-order valence-electron chi connectivity index (χ2n) is 7.50. The highest BCUT2D eigenvalue weighted by Gasteiger charge is 2.04. The minimum Gasteiger partial charge on any atom is -0.490 e. The lowest BCUT2D eigenvalue weighted by Crippen LogP contribution is -1.99. The van der Waals surface area contributed by atoms with Crippen LogP contribution in [0.15, 0.2) is 109 Å². The van der Waals surface area contributed by atoms with E-state index in [4.69, 9.17) is 9.84 Å². The number of carboxylic acids is 1. The van der Waals surface area contributed by atoms with Crippen molar-refractivity contribution in [2.45, 2.75) is 6.42 Å². The van der Waals surface area contributed by atoms with Crippen LogP contribution in [0.1, 0.15) is 11.1 Å². The average Bonchev–Trinajstić information content (AvgIpc) is 2.83. The van der Waals surface area contributed by atoms with Gasteiger partial charge in [-0.15, -0.1) is 0 Å². The molecule has 0 aliphatic carbocycles. The number of ether oxygens (including phenoxy) is 1. The van der Waals surface area contributed by atoms with Crippen molar-refractivity contribution in [2.24, 2.45) is 0 Å². The highest BCUT2D eigenvalue weighted by atomic mass is 16.5. The van der Waals surface area contributed by atoms with Crippen molar-refractivity contribution in [1.29, 1.82) is 0 Å². The molecule has 0 aromatic heterocycles. The fraction of sp³-hybridized carbons (Fsp3) is 0.0690. The Morgan fingerprint density at radius 1 is 0.719 bits per heavy atom. The van der Waals surface area contributed by atoms with Crippen LogP contribution in [-0.2, 0) is 11.2 Å². The van der Waals surface area contributed by atoms with Gasteiger partial charge >= 0.3 is 5.97 Å². The molecular formula is C29H24O3. The van der Waals surface area contributed by atoms with Gasteiger partial charge in [0.25, 0.3) is 0 Å². The summed E-state index contributed by atoms with van der Waals surface area (Å²) in [5.74, 6) is -0.0593. The molecule has 0 aliphatic heterocycles. The molecule has 4 aromatic carbocycles. The normalized spacial score (nSPS) is 10.9. The Balaban J connectivity index is 1.36. The van der Waals surface area contributed by atoms with E-state index in [1.165, 1.54) is 11.1 Å². The zero-order valence-corrected chi connectivity index (χ0v) is 17.6. The van der Waals surface area contributed by atoms with Crippen LogP contribution < -0.4 is 4.74 Å². The number of aliphatic carboxylic acids is 1. The Hall–Kier alpha value is -4.11. The monoisotopic (exact) mass is 420 g/mol. The van der Waals surface area contributed by atoms with Crippen molar-refractivity contribution < 1.29 is 14.6 Å². The molecule has 4 rings (SSSR count). The predicted octanol–water partition coefficient (Wildman–Crippen LogP) is 6.74. The van der Waals surface area contributed by atoms with E-state index in [0.717, 1.165) is 28.0 Å². The number of hydrogen-bond donors (Lipinski definition) is 1. The van der Waals surface area contributed by atoms with E-state index in [2.05, 4.69) is 36.4 Å². The Morgan fingerprint density at radius 2 is 1.38 bits per heavy atom. The summed E-state index contributed by atoms with van der Waals surface area (Å²) < 4.78 is 5.90. The standard InChI is InChI=1S/C29H24O3/c30-29(31)20-23-7-4-11-26(19-23)27-12-5-13-28(21-27)32-18-6-8-22-14-16-25(17-15-22)24-9-2-1-3-10-24/h1-17,19,21H,18,20H2,(H,30,31). The Labute approximate surface area is 188 Å². The Kier molecular flexibility index (Phi) is 6.78. The first-order valence-corrected chi connectivity index (χ1v) is 10.5. The van der Waals surface area contributed by atoms with Crippen LogP contribution in [0.3, 0.4) is 0 Å². The largest absolute Gasteiger partial charge is 0.490 e. The van der Waals surface area contributed by atoms with Crippen molar-refractivity contribution in [3.63, 3.8) is 0 Å². The van der Waals surface area contributed by atoms with Crippen LogP contribution >= 0.6 is 0 Å². The Morgan fingerprint density at radius 3 is 2.12 bits per heavy atom. The molecule has 0 unspecified atom stereocenters. The van der Waals surface area contributed by atoms with Crippen LogP contribution in [0.25, 0.3) is 28.3 Å². The summed E-state index contributed by atoms with van der Waals surface area (Å²) in [6.45, 7) is 0.461. The fourth-order valence-corrected chi connectivity index (χ4v) is 3.55. The molecule has 3 heteroatoms. The molecule has 0 fully saturated rings. The van der Waals surface area contributed by atoms with Crippen LogP contribution in [0, 0.1) is 0 Å². The lowest BCUT2D eigenvalue weighted by molar-refractivity contribution is -0.136. The van der Waals surface area contributed by atoms with Crippen LogP contribution in [-0.4, -0.2) is 17.7 Å². The van der Waals surface area contributed by atoms with Gasteiger partial charge in [-0.25, -0.2) is 0 Å². The molecule has 0 radical (unpaired) electrons. The summed E-state index contributed by atoms with van der Waals surface area (Å²) in [7, 11) is 0. The van der Waals surface area contributed by atoms with Gasteiger partial charge in [0.05, 0.1) is 6.42 Å². The molecule has 158 valence electrons. The molecule has 0 spiro atoms. The first kappa shape index (κ1) is 21.1. The summed E-state index contributed by atoms with van der Waals surface area (Å²) >= 11 is 0. The zero-order chi connectivity index (χ0) is 22.2. The van der Waals surface area contributed by atoms with Crippen LogP contribution in [0.5, 0.6) is 5.75 Å². The third-order valence-corrected chi connectivity index (χ3v) is 5.12. The van der Waals surface area contributed by atoms with Gasteiger partial charge in [-0.3, -0.25) is 4.79 Å². The quantitative estimate of drug-likeness (QED) is 0.343. The minimum atomic E-state index is -0.833.